The molecule has 1 saturated heterocycles. The second-order valence-corrected chi connectivity index (χ2v) is 8.42. The van der Waals surface area contributed by atoms with E-state index in [1.165, 1.54) is 0 Å². The summed E-state index contributed by atoms with van der Waals surface area (Å²) in [5.74, 6) is 0.720. The minimum atomic E-state index is 0.0864. The van der Waals surface area contributed by atoms with E-state index in [2.05, 4.69) is 10.2 Å². The fourth-order valence-corrected chi connectivity index (χ4v) is 4.11. The van der Waals surface area contributed by atoms with Crippen molar-refractivity contribution < 1.29 is 9.59 Å². The van der Waals surface area contributed by atoms with E-state index in [0.717, 1.165) is 56.6 Å². The smallest absolute Gasteiger partial charge is 0.230 e. The van der Waals surface area contributed by atoms with Gasteiger partial charge in [-0.3, -0.25) is 9.59 Å². The molecule has 5 nitrogen and oxygen atoms in total. The summed E-state index contributed by atoms with van der Waals surface area (Å²) >= 11 is 0. The Hall–Kier alpha value is -2.66. The molecule has 0 spiro atoms. The third-order valence-corrected chi connectivity index (χ3v) is 6.17. The van der Waals surface area contributed by atoms with Gasteiger partial charge in [0, 0.05) is 37.2 Å². The highest BCUT2D eigenvalue weighted by Gasteiger charge is 2.34. The van der Waals surface area contributed by atoms with Crippen LogP contribution < -0.4 is 10.2 Å². The fourth-order valence-electron chi connectivity index (χ4n) is 4.11. The Morgan fingerprint density at radius 3 is 2.13 bits per heavy atom. The normalized spacial score (nSPS) is 17.5. The molecule has 0 atom stereocenters. The molecule has 2 amide bonds. The monoisotopic (exact) mass is 405 g/mol. The van der Waals surface area contributed by atoms with Gasteiger partial charge in [0.2, 0.25) is 11.8 Å². The predicted molar refractivity (Wildman–Crippen MR) is 119 cm³/mol. The molecule has 0 unspecified atom stereocenters. The summed E-state index contributed by atoms with van der Waals surface area (Å²) in [4.78, 5) is 29.6. The summed E-state index contributed by atoms with van der Waals surface area (Å²) in [7, 11) is 0. The number of carbonyl (C=O) groups is 2. The molecule has 2 aromatic carbocycles. The quantitative estimate of drug-likeness (QED) is 0.732. The Bertz CT molecular complexity index is 828. The average molecular weight is 406 g/mol. The van der Waals surface area contributed by atoms with Gasteiger partial charge in [-0.25, -0.2) is 0 Å². The molecule has 1 saturated carbocycles. The van der Waals surface area contributed by atoms with Gasteiger partial charge in [-0.15, -0.1) is 0 Å². The first-order valence-electron chi connectivity index (χ1n) is 11.1. The van der Waals surface area contributed by atoms with Gasteiger partial charge in [-0.2, -0.15) is 0 Å². The van der Waals surface area contributed by atoms with Crippen LogP contribution in [0.1, 0.15) is 31.2 Å². The van der Waals surface area contributed by atoms with Crippen molar-refractivity contribution >= 4 is 17.5 Å². The van der Waals surface area contributed by atoms with Crippen LogP contribution in [0.15, 0.2) is 60.7 Å². The number of rotatable bonds is 8. The molecule has 2 fully saturated rings. The van der Waals surface area contributed by atoms with Crippen LogP contribution in [0.3, 0.4) is 0 Å². The molecule has 4 rings (SSSR count). The first-order chi connectivity index (χ1) is 14.7. The summed E-state index contributed by atoms with van der Waals surface area (Å²) < 4.78 is 0. The SMILES string of the molecule is O=C(NCc1ccccc1)C1CCN(CCN(C(=O)C2CC2)c2ccccc2)CC1. The average Bonchev–Trinajstić information content (AvgIpc) is 3.65. The molecule has 2 aromatic rings. The number of hydrogen-bond acceptors (Lipinski definition) is 3. The van der Waals surface area contributed by atoms with Crippen LogP contribution in [0.25, 0.3) is 0 Å². The third-order valence-electron chi connectivity index (χ3n) is 6.17. The van der Waals surface area contributed by atoms with Gasteiger partial charge in [-0.05, 0) is 56.5 Å². The van der Waals surface area contributed by atoms with Crippen molar-refractivity contribution in [2.24, 2.45) is 11.8 Å². The van der Waals surface area contributed by atoms with Crippen molar-refractivity contribution in [3.63, 3.8) is 0 Å². The van der Waals surface area contributed by atoms with Crippen LogP contribution in [-0.4, -0.2) is 42.9 Å². The minimum Gasteiger partial charge on any atom is -0.352 e. The summed E-state index contributed by atoms with van der Waals surface area (Å²) in [5, 5.41) is 3.08. The topological polar surface area (TPSA) is 52.7 Å². The second kappa shape index (κ2) is 9.90. The summed E-state index contributed by atoms with van der Waals surface area (Å²) in [6.45, 7) is 3.97. The van der Waals surface area contributed by atoms with Gasteiger partial charge < -0.3 is 15.1 Å². The number of nitrogens with zero attached hydrogens (tertiary/aromatic N) is 2. The Morgan fingerprint density at radius 1 is 0.867 bits per heavy atom. The van der Waals surface area contributed by atoms with Gasteiger partial charge in [0.25, 0.3) is 0 Å². The zero-order chi connectivity index (χ0) is 20.8. The van der Waals surface area contributed by atoms with Crippen LogP contribution in [0.4, 0.5) is 5.69 Å². The number of likely N-dealkylation sites (tertiary alicyclic amines) is 1. The van der Waals surface area contributed by atoms with Crippen molar-refractivity contribution in [3.05, 3.63) is 66.2 Å². The first kappa shape index (κ1) is 20.6. The summed E-state index contributed by atoms with van der Waals surface area (Å²) in [6.07, 6.45) is 3.79. The summed E-state index contributed by atoms with van der Waals surface area (Å²) in [6, 6.07) is 20.0. The number of anilines is 1. The van der Waals surface area contributed by atoms with Crippen LogP contribution >= 0.6 is 0 Å². The van der Waals surface area contributed by atoms with Crippen molar-refractivity contribution in [2.45, 2.75) is 32.2 Å². The Kier molecular flexibility index (Phi) is 6.80. The Morgan fingerprint density at radius 2 is 1.50 bits per heavy atom. The lowest BCUT2D eigenvalue weighted by Crippen LogP contribution is -2.44. The van der Waals surface area contributed by atoms with Crippen molar-refractivity contribution in [1.29, 1.82) is 0 Å². The lowest BCUT2D eigenvalue weighted by atomic mass is 9.96. The maximum absolute atomic E-state index is 12.8. The maximum atomic E-state index is 12.8. The first-order valence-corrected chi connectivity index (χ1v) is 11.1. The zero-order valence-electron chi connectivity index (χ0n) is 17.5. The molecule has 1 heterocycles. The Labute approximate surface area is 179 Å². The highest BCUT2D eigenvalue weighted by atomic mass is 16.2. The van der Waals surface area contributed by atoms with Crippen LogP contribution in [0.2, 0.25) is 0 Å². The van der Waals surface area contributed by atoms with Gasteiger partial charge >= 0.3 is 0 Å². The number of nitrogens with one attached hydrogen (secondary N) is 1. The van der Waals surface area contributed by atoms with E-state index >= 15 is 0 Å². The zero-order valence-corrected chi connectivity index (χ0v) is 17.5. The number of para-hydroxylation sites is 1. The predicted octanol–water partition coefficient (Wildman–Crippen LogP) is 3.46. The van der Waals surface area contributed by atoms with E-state index in [1.54, 1.807) is 0 Å². The molecule has 0 radical (unpaired) electrons. The second-order valence-electron chi connectivity index (χ2n) is 8.42. The van der Waals surface area contributed by atoms with E-state index in [1.807, 2.05) is 65.6 Å². The van der Waals surface area contributed by atoms with E-state index in [4.69, 9.17) is 0 Å². The molecule has 0 bridgehead atoms. The van der Waals surface area contributed by atoms with E-state index in [9.17, 15) is 9.59 Å². The lowest BCUT2D eigenvalue weighted by Gasteiger charge is -2.33. The molecule has 0 aromatic heterocycles. The fraction of sp³-hybridized carbons (Fsp3) is 0.440. The van der Waals surface area contributed by atoms with Crippen LogP contribution in [0, 0.1) is 11.8 Å². The lowest BCUT2D eigenvalue weighted by molar-refractivity contribution is -0.126. The standard InChI is InChI=1S/C25H31N3O2/c29-24(26-19-20-7-3-1-4-8-20)21-13-15-27(16-14-21)17-18-28(25(30)22-11-12-22)23-9-5-2-6-10-23/h1-10,21-22H,11-19H2,(H,26,29). The third kappa shape index (κ3) is 5.48. The van der Waals surface area contributed by atoms with Crippen LogP contribution in [-0.2, 0) is 16.1 Å². The highest BCUT2D eigenvalue weighted by Crippen LogP contribution is 2.32. The van der Waals surface area contributed by atoms with E-state index in [-0.39, 0.29) is 23.7 Å². The van der Waals surface area contributed by atoms with Crippen LogP contribution in [0.5, 0.6) is 0 Å². The summed E-state index contributed by atoms with van der Waals surface area (Å²) in [5.41, 5.74) is 2.12. The molecular formula is C25H31N3O2. The molecular weight excluding hydrogens is 374 g/mol. The highest BCUT2D eigenvalue weighted by molar-refractivity contribution is 5.96. The van der Waals surface area contributed by atoms with Gasteiger partial charge in [-0.1, -0.05) is 48.5 Å². The molecule has 1 aliphatic heterocycles. The molecule has 1 aliphatic carbocycles. The number of amides is 2. The van der Waals surface area contributed by atoms with Gasteiger partial charge in [0.05, 0.1) is 0 Å². The van der Waals surface area contributed by atoms with E-state index < -0.39 is 0 Å². The molecule has 158 valence electrons. The molecule has 30 heavy (non-hydrogen) atoms. The molecule has 2 aliphatic rings. The van der Waals surface area contributed by atoms with Crippen molar-refractivity contribution in [3.8, 4) is 0 Å². The largest absolute Gasteiger partial charge is 0.352 e. The van der Waals surface area contributed by atoms with Gasteiger partial charge in [0.15, 0.2) is 0 Å². The molecule has 5 heteroatoms. The minimum absolute atomic E-state index is 0.0864. The molecule has 1 N–H and O–H groups in total. The number of piperidine rings is 1. The maximum Gasteiger partial charge on any atom is 0.230 e. The number of benzene rings is 2. The van der Waals surface area contributed by atoms with Crippen molar-refractivity contribution in [2.75, 3.05) is 31.1 Å². The number of hydrogen-bond donors (Lipinski definition) is 1. The van der Waals surface area contributed by atoms with Crippen molar-refractivity contribution in [1.82, 2.24) is 10.2 Å². The number of carbonyl (C=O) groups excluding carboxylic acids is 2. The van der Waals surface area contributed by atoms with Gasteiger partial charge in [0.1, 0.15) is 0 Å². The van der Waals surface area contributed by atoms with E-state index in [0.29, 0.717) is 13.1 Å². The Balaban J connectivity index is 1.23.